The second-order valence-corrected chi connectivity index (χ2v) is 8.20. The molecule has 0 saturated carbocycles. The molecule has 0 radical (unpaired) electrons. The molecule has 0 amide bonds. The molecular formula is C20H20FN3OS. The molecule has 1 fully saturated rings. The lowest BCUT2D eigenvalue weighted by Crippen LogP contribution is -2.44. The quantitative estimate of drug-likeness (QED) is 0.701. The molecule has 4 heterocycles. The second-order valence-electron chi connectivity index (χ2n) is 7.17. The normalized spacial score (nSPS) is 22.8. The number of likely N-dealkylation sites (tertiary alicyclic amines) is 1. The molecule has 2 aromatic heterocycles. The van der Waals surface area contributed by atoms with Crippen LogP contribution in [0.2, 0.25) is 0 Å². The van der Waals surface area contributed by atoms with Gasteiger partial charge in [-0.25, -0.2) is 9.37 Å². The number of imidazole rings is 1. The number of hydrogen-bond acceptors (Lipinski definition) is 4. The van der Waals surface area contributed by atoms with Crippen molar-refractivity contribution >= 4 is 11.3 Å². The maximum absolute atomic E-state index is 13.7. The summed E-state index contributed by atoms with van der Waals surface area (Å²) in [4.78, 5) is 8.36. The first-order valence-corrected chi connectivity index (χ1v) is 9.78. The maximum Gasteiger partial charge on any atom is 0.135 e. The van der Waals surface area contributed by atoms with Crippen LogP contribution in [0.5, 0.6) is 0 Å². The Morgan fingerprint density at radius 1 is 1.23 bits per heavy atom. The van der Waals surface area contributed by atoms with Gasteiger partial charge in [0.15, 0.2) is 0 Å². The average Bonchev–Trinajstić information content (AvgIpc) is 3.36. The highest BCUT2D eigenvalue weighted by Crippen LogP contribution is 2.35. The van der Waals surface area contributed by atoms with Crippen molar-refractivity contribution in [3.8, 4) is 11.3 Å². The summed E-state index contributed by atoms with van der Waals surface area (Å²) in [5.41, 5.74) is 1.67. The highest BCUT2D eigenvalue weighted by molar-refractivity contribution is 7.09. The fourth-order valence-electron chi connectivity index (χ4n) is 4.07. The van der Waals surface area contributed by atoms with Gasteiger partial charge in [0.05, 0.1) is 18.4 Å². The van der Waals surface area contributed by atoms with Crippen molar-refractivity contribution in [1.29, 1.82) is 0 Å². The number of thiophene rings is 1. The molecule has 2 aliphatic rings. The Balaban J connectivity index is 1.39. The van der Waals surface area contributed by atoms with E-state index in [0.29, 0.717) is 6.61 Å². The lowest BCUT2D eigenvalue weighted by Gasteiger charge is -2.35. The van der Waals surface area contributed by atoms with Gasteiger partial charge in [0.25, 0.3) is 0 Å². The van der Waals surface area contributed by atoms with Crippen LogP contribution in [0.25, 0.3) is 11.3 Å². The molecule has 3 aromatic rings. The van der Waals surface area contributed by atoms with Gasteiger partial charge in [-0.1, -0.05) is 18.2 Å². The number of ether oxygens (including phenoxy) is 1. The Morgan fingerprint density at radius 3 is 3.04 bits per heavy atom. The van der Waals surface area contributed by atoms with E-state index in [4.69, 9.17) is 4.74 Å². The largest absolute Gasteiger partial charge is 0.364 e. The van der Waals surface area contributed by atoms with Crippen LogP contribution in [0, 0.1) is 5.82 Å². The molecule has 4 nitrogen and oxygen atoms in total. The number of rotatable bonds is 3. The molecule has 0 aliphatic carbocycles. The minimum atomic E-state index is -0.220. The zero-order chi connectivity index (χ0) is 17.6. The van der Waals surface area contributed by atoms with E-state index in [-0.39, 0.29) is 11.4 Å². The van der Waals surface area contributed by atoms with Gasteiger partial charge >= 0.3 is 0 Å². The third-order valence-corrected chi connectivity index (χ3v) is 6.23. The summed E-state index contributed by atoms with van der Waals surface area (Å²) in [6, 6.07) is 11.0. The summed E-state index contributed by atoms with van der Waals surface area (Å²) in [6.07, 6.45) is 2.85. The van der Waals surface area contributed by atoms with Crippen molar-refractivity contribution < 1.29 is 9.13 Å². The number of halogens is 1. The van der Waals surface area contributed by atoms with E-state index < -0.39 is 0 Å². The van der Waals surface area contributed by atoms with E-state index in [0.717, 1.165) is 49.7 Å². The molecule has 0 bridgehead atoms. The van der Waals surface area contributed by atoms with Gasteiger partial charge < -0.3 is 9.30 Å². The Labute approximate surface area is 155 Å². The van der Waals surface area contributed by atoms with Crippen molar-refractivity contribution in [2.24, 2.45) is 0 Å². The van der Waals surface area contributed by atoms with Crippen LogP contribution in [0.3, 0.4) is 0 Å². The number of hydrogen-bond donors (Lipinski definition) is 0. The third-order valence-electron chi connectivity index (χ3n) is 5.37. The Bertz CT molecular complexity index is 923. The van der Waals surface area contributed by atoms with Gasteiger partial charge in [0.2, 0.25) is 0 Å². The number of benzene rings is 1. The van der Waals surface area contributed by atoms with E-state index >= 15 is 0 Å². The summed E-state index contributed by atoms with van der Waals surface area (Å²) >= 11 is 1.80. The van der Waals surface area contributed by atoms with E-state index in [9.17, 15) is 4.39 Å². The van der Waals surface area contributed by atoms with Crippen LogP contribution in [0.15, 0.2) is 48.0 Å². The molecule has 0 N–H and O–H groups in total. The zero-order valence-electron chi connectivity index (χ0n) is 14.4. The number of aromatic nitrogens is 2. The van der Waals surface area contributed by atoms with Crippen molar-refractivity contribution in [2.75, 3.05) is 13.1 Å². The topological polar surface area (TPSA) is 30.3 Å². The van der Waals surface area contributed by atoms with Crippen molar-refractivity contribution in [3.63, 3.8) is 0 Å². The molecule has 1 saturated heterocycles. The molecule has 1 atom stereocenters. The summed E-state index contributed by atoms with van der Waals surface area (Å²) in [7, 11) is 0. The van der Waals surface area contributed by atoms with E-state index in [1.165, 1.54) is 10.9 Å². The highest BCUT2D eigenvalue weighted by Gasteiger charge is 2.43. The second kappa shape index (κ2) is 6.30. The monoisotopic (exact) mass is 369 g/mol. The van der Waals surface area contributed by atoms with E-state index in [2.05, 4.69) is 32.0 Å². The molecule has 1 aromatic carbocycles. The smallest absolute Gasteiger partial charge is 0.135 e. The van der Waals surface area contributed by atoms with Gasteiger partial charge in [-0.15, -0.1) is 11.3 Å². The van der Waals surface area contributed by atoms with Crippen LogP contribution < -0.4 is 0 Å². The number of fused-ring (bicyclic) bond motifs is 1. The Morgan fingerprint density at radius 2 is 2.19 bits per heavy atom. The minimum absolute atomic E-state index is 0.174. The maximum atomic E-state index is 13.7. The summed E-state index contributed by atoms with van der Waals surface area (Å²) in [5, 5.41) is 2.13. The van der Waals surface area contributed by atoms with Crippen LogP contribution in [0.1, 0.15) is 17.1 Å². The summed E-state index contributed by atoms with van der Waals surface area (Å²) in [5.74, 6) is 0.703. The van der Waals surface area contributed by atoms with Crippen molar-refractivity contribution in [1.82, 2.24) is 14.5 Å². The average molecular weight is 369 g/mol. The molecule has 5 rings (SSSR count). The van der Waals surface area contributed by atoms with Crippen molar-refractivity contribution in [2.45, 2.75) is 31.7 Å². The predicted molar refractivity (Wildman–Crippen MR) is 99.4 cm³/mol. The standard InChI is InChI=1S/C20H20FN3OS/c21-16-4-1-3-15(9-16)18-10-22-19-12-25-20(14-24(18)19)6-7-23(13-20)11-17-5-2-8-26-17/h1-5,8-10H,6-7,11-14H2/t20-/m0/s1. The Kier molecular flexibility index (Phi) is 3.92. The lowest BCUT2D eigenvalue weighted by molar-refractivity contribution is -0.0821. The zero-order valence-corrected chi connectivity index (χ0v) is 15.2. The van der Waals surface area contributed by atoms with Gasteiger partial charge in [-0.3, -0.25) is 4.90 Å². The highest BCUT2D eigenvalue weighted by atomic mass is 32.1. The van der Waals surface area contributed by atoms with Crippen LogP contribution in [-0.4, -0.2) is 33.1 Å². The SMILES string of the molecule is Fc1cccc(-c2cnc3n2C[C@@]2(CCN(Cc4cccs4)C2)OC3)c1. The van der Waals surface area contributed by atoms with Crippen LogP contribution in [-0.2, 0) is 24.4 Å². The van der Waals surface area contributed by atoms with Gasteiger partial charge in [-0.05, 0) is 30.0 Å². The molecule has 2 aliphatic heterocycles. The van der Waals surface area contributed by atoms with Crippen molar-refractivity contribution in [3.05, 3.63) is 64.5 Å². The molecule has 134 valence electrons. The number of nitrogens with zero attached hydrogens (tertiary/aromatic N) is 3. The first-order chi connectivity index (χ1) is 12.7. The molecule has 26 heavy (non-hydrogen) atoms. The van der Waals surface area contributed by atoms with Gasteiger partial charge in [-0.2, -0.15) is 0 Å². The summed E-state index contributed by atoms with van der Waals surface area (Å²) < 4.78 is 22.2. The minimum Gasteiger partial charge on any atom is -0.364 e. The fourth-order valence-corrected chi connectivity index (χ4v) is 4.81. The van der Waals surface area contributed by atoms with Crippen LogP contribution >= 0.6 is 11.3 Å². The van der Waals surface area contributed by atoms with Gasteiger partial charge in [0, 0.05) is 30.1 Å². The summed E-state index contributed by atoms with van der Waals surface area (Å²) in [6.45, 7) is 4.23. The lowest BCUT2D eigenvalue weighted by atomic mass is 10.0. The molecule has 0 unspecified atom stereocenters. The Hall–Kier alpha value is -2.02. The molecule has 6 heteroatoms. The predicted octanol–water partition coefficient (Wildman–Crippen LogP) is 3.93. The van der Waals surface area contributed by atoms with E-state index in [1.807, 2.05) is 12.3 Å². The van der Waals surface area contributed by atoms with Crippen LogP contribution in [0.4, 0.5) is 4.39 Å². The third kappa shape index (κ3) is 2.88. The molecular weight excluding hydrogens is 349 g/mol. The fraction of sp³-hybridized carbons (Fsp3) is 0.350. The first-order valence-electron chi connectivity index (χ1n) is 8.90. The molecule has 1 spiro atoms. The van der Waals surface area contributed by atoms with E-state index in [1.54, 1.807) is 23.5 Å². The first kappa shape index (κ1) is 16.2. The van der Waals surface area contributed by atoms with Gasteiger partial charge in [0.1, 0.15) is 23.8 Å².